The molecule has 0 spiro atoms. The number of nitrogens with zero attached hydrogens (tertiary/aromatic N) is 5. The Morgan fingerprint density at radius 2 is 2.24 bits per heavy atom. The third-order valence-corrected chi connectivity index (χ3v) is 4.91. The summed E-state index contributed by atoms with van der Waals surface area (Å²) in [7, 11) is 0. The molecule has 0 radical (unpaired) electrons. The van der Waals surface area contributed by atoms with Gasteiger partial charge in [0, 0.05) is 36.8 Å². The van der Waals surface area contributed by atoms with Gasteiger partial charge in [-0.15, -0.1) is 5.10 Å². The number of aromatic nitrogens is 5. The van der Waals surface area contributed by atoms with Crippen LogP contribution in [-0.4, -0.2) is 49.1 Å². The number of piperidine rings is 1. The lowest BCUT2D eigenvalue weighted by molar-refractivity contribution is 0.0706. The first-order chi connectivity index (χ1) is 12.2. The molecule has 4 rings (SSSR count). The highest BCUT2D eigenvalue weighted by molar-refractivity contribution is 5.97. The number of amides is 1. The average Bonchev–Trinajstić information content (AvgIpc) is 3.26. The van der Waals surface area contributed by atoms with E-state index in [4.69, 9.17) is 0 Å². The normalized spacial score (nSPS) is 18.0. The molecule has 1 atom stereocenters. The van der Waals surface area contributed by atoms with Crippen LogP contribution in [-0.2, 0) is 6.54 Å². The number of H-pyrrole nitrogens is 1. The van der Waals surface area contributed by atoms with Crippen molar-refractivity contribution < 1.29 is 4.79 Å². The molecule has 0 unspecified atom stereocenters. The van der Waals surface area contributed by atoms with Crippen LogP contribution in [0.25, 0.3) is 11.0 Å². The number of benzene rings is 1. The molecule has 3 aromatic rings. The molecule has 1 N–H and O–H groups in total. The Morgan fingerprint density at radius 1 is 1.36 bits per heavy atom. The predicted octanol–water partition coefficient (Wildman–Crippen LogP) is 2.50. The zero-order valence-electron chi connectivity index (χ0n) is 14.6. The first kappa shape index (κ1) is 15.8. The number of likely N-dealkylation sites (tertiary alicyclic amines) is 1. The van der Waals surface area contributed by atoms with Gasteiger partial charge in [-0.1, -0.05) is 5.21 Å². The van der Waals surface area contributed by atoms with Gasteiger partial charge in [-0.3, -0.25) is 9.89 Å². The van der Waals surface area contributed by atoms with E-state index >= 15 is 0 Å². The summed E-state index contributed by atoms with van der Waals surface area (Å²) in [6, 6.07) is 7.74. The number of hydrogen-bond donors (Lipinski definition) is 1. The van der Waals surface area contributed by atoms with Crippen LogP contribution in [0.2, 0.25) is 0 Å². The number of hydrogen-bond acceptors (Lipinski definition) is 4. The van der Waals surface area contributed by atoms with E-state index in [1.165, 1.54) is 0 Å². The highest BCUT2D eigenvalue weighted by atomic mass is 16.2. The number of nitrogens with one attached hydrogen (secondary N) is 1. The van der Waals surface area contributed by atoms with E-state index in [2.05, 4.69) is 26.6 Å². The highest BCUT2D eigenvalue weighted by Gasteiger charge is 2.27. The summed E-state index contributed by atoms with van der Waals surface area (Å²) in [6.07, 6.45) is 2.06. The third-order valence-electron chi connectivity index (χ3n) is 4.91. The SMILES string of the molecule is CCn1nnc2cc(C(=O)N3CCC[C@H](c4cc(C)[nH]n4)C3)ccc21. The lowest BCUT2D eigenvalue weighted by Gasteiger charge is -2.32. The molecule has 25 heavy (non-hydrogen) atoms. The summed E-state index contributed by atoms with van der Waals surface area (Å²) in [4.78, 5) is 14.9. The van der Waals surface area contributed by atoms with E-state index < -0.39 is 0 Å². The van der Waals surface area contributed by atoms with Crippen LogP contribution in [0.5, 0.6) is 0 Å². The number of fused-ring (bicyclic) bond motifs is 1. The molecule has 3 heterocycles. The molecule has 0 saturated carbocycles. The molecule has 0 aliphatic carbocycles. The fraction of sp³-hybridized carbons (Fsp3) is 0.444. The number of rotatable bonds is 3. The van der Waals surface area contributed by atoms with Crippen LogP contribution in [0.1, 0.15) is 47.4 Å². The van der Waals surface area contributed by atoms with Crippen molar-refractivity contribution in [1.82, 2.24) is 30.1 Å². The molecule has 7 nitrogen and oxygen atoms in total. The first-order valence-corrected chi connectivity index (χ1v) is 8.80. The summed E-state index contributed by atoms with van der Waals surface area (Å²) in [6.45, 7) is 6.29. The van der Waals surface area contributed by atoms with Crippen molar-refractivity contribution in [3.05, 3.63) is 41.2 Å². The van der Waals surface area contributed by atoms with Crippen molar-refractivity contribution >= 4 is 16.9 Å². The topological polar surface area (TPSA) is 79.7 Å². The Morgan fingerprint density at radius 3 is 3.00 bits per heavy atom. The lowest BCUT2D eigenvalue weighted by Crippen LogP contribution is -2.39. The van der Waals surface area contributed by atoms with Crippen molar-refractivity contribution in [3.63, 3.8) is 0 Å². The Labute approximate surface area is 146 Å². The molecule has 7 heteroatoms. The van der Waals surface area contributed by atoms with E-state index in [0.29, 0.717) is 18.0 Å². The lowest BCUT2D eigenvalue weighted by atomic mass is 9.94. The Hall–Kier alpha value is -2.70. The molecular formula is C18H22N6O. The van der Waals surface area contributed by atoms with Crippen LogP contribution in [0.4, 0.5) is 0 Å². The molecule has 1 fully saturated rings. The standard InChI is InChI=1S/C18H22N6O/c1-3-24-17-7-6-13(10-16(17)21-22-24)18(25)23-8-4-5-14(11-23)15-9-12(2)19-20-15/h6-7,9-10,14H,3-5,8,11H2,1-2H3,(H,19,20)/t14-/m0/s1. The molecule has 1 saturated heterocycles. The zero-order valence-corrected chi connectivity index (χ0v) is 14.6. The fourth-order valence-electron chi connectivity index (χ4n) is 3.57. The van der Waals surface area contributed by atoms with Gasteiger partial charge in [0.05, 0.1) is 11.2 Å². The smallest absolute Gasteiger partial charge is 0.253 e. The summed E-state index contributed by atoms with van der Waals surface area (Å²) < 4.78 is 1.83. The van der Waals surface area contributed by atoms with Gasteiger partial charge in [-0.25, -0.2) is 4.68 Å². The number of carbonyl (C=O) groups is 1. The molecule has 2 aromatic heterocycles. The number of aromatic amines is 1. The Kier molecular flexibility index (Phi) is 3.99. The monoisotopic (exact) mass is 338 g/mol. The van der Waals surface area contributed by atoms with Gasteiger partial charge >= 0.3 is 0 Å². The van der Waals surface area contributed by atoms with E-state index in [9.17, 15) is 4.79 Å². The van der Waals surface area contributed by atoms with Crippen molar-refractivity contribution in [3.8, 4) is 0 Å². The maximum atomic E-state index is 12.9. The maximum absolute atomic E-state index is 12.9. The van der Waals surface area contributed by atoms with Crippen LogP contribution < -0.4 is 0 Å². The van der Waals surface area contributed by atoms with Gasteiger partial charge < -0.3 is 4.90 Å². The van der Waals surface area contributed by atoms with Gasteiger partial charge in [0.2, 0.25) is 0 Å². The van der Waals surface area contributed by atoms with E-state index in [1.54, 1.807) is 0 Å². The Bertz CT molecular complexity index is 911. The minimum absolute atomic E-state index is 0.0601. The van der Waals surface area contributed by atoms with Crippen LogP contribution >= 0.6 is 0 Å². The van der Waals surface area contributed by atoms with Gasteiger partial charge in [-0.2, -0.15) is 5.10 Å². The minimum Gasteiger partial charge on any atom is -0.338 e. The van der Waals surface area contributed by atoms with E-state index in [1.807, 2.05) is 41.6 Å². The second-order valence-corrected chi connectivity index (χ2v) is 6.67. The van der Waals surface area contributed by atoms with E-state index in [0.717, 1.165) is 48.4 Å². The summed E-state index contributed by atoms with van der Waals surface area (Å²) >= 11 is 0. The minimum atomic E-state index is 0.0601. The third kappa shape index (κ3) is 2.90. The Balaban J connectivity index is 1.55. The summed E-state index contributed by atoms with van der Waals surface area (Å²) in [5, 5.41) is 15.7. The van der Waals surface area contributed by atoms with Gasteiger partial charge in [-0.05, 0) is 51.0 Å². The second-order valence-electron chi connectivity index (χ2n) is 6.67. The molecule has 1 aliphatic rings. The average molecular weight is 338 g/mol. The molecule has 1 amide bonds. The fourth-order valence-corrected chi connectivity index (χ4v) is 3.57. The van der Waals surface area contributed by atoms with Crippen molar-refractivity contribution in [2.24, 2.45) is 0 Å². The van der Waals surface area contributed by atoms with E-state index in [-0.39, 0.29) is 5.91 Å². The second kappa shape index (κ2) is 6.31. The molecule has 1 aliphatic heterocycles. The maximum Gasteiger partial charge on any atom is 0.253 e. The van der Waals surface area contributed by atoms with Crippen molar-refractivity contribution in [1.29, 1.82) is 0 Å². The summed E-state index contributed by atoms with van der Waals surface area (Å²) in [5.41, 5.74) is 4.51. The first-order valence-electron chi connectivity index (χ1n) is 8.80. The molecular weight excluding hydrogens is 316 g/mol. The van der Waals surface area contributed by atoms with Crippen LogP contribution in [0, 0.1) is 6.92 Å². The van der Waals surface area contributed by atoms with Gasteiger partial charge in [0.15, 0.2) is 0 Å². The largest absolute Gasteiger partial charge is 0.338 e. The summed E-state index contributed by atoms with van der Waals surface area (Å²) in [5.74, 6) is 0.359. The molecule has 0 bridgehead atoms. The van der Waals surface area contributed by atoms with Crippen molar-refractivity contribution in [2.45, 2.75) is 39.2 Å². The van der Waals surface area contributed by atoms with Crippen molar-refractivity contribution in [2.75, 3.05) is 13.1 Å². The molecule has 1 aromatic carbocycles. The predicted molar refractivity (Wildman–Crippen MR) is 94.4 cm³/mol. The highest BCUT2D eigenvalue weighted by Crippen LogP contribution is 2.27. The van der Waals surface area contributed by atoms with Gasteiger partial charge in [0.1, 0.15) is 5.52 Å². The quantitative estimate of drug-likeness (QED) is 0.796. The molecule has 130 valence electrons. The number of aryl methyl sites for hydroxylation is 2. The van der Waals surface area contributed by atoms with Gasteiger partial charge in [0.25, 0.3) is 5.91 Å². The van der Waals surface area contributed by atoms with Crippen LogP contribution in [0.15, 0.2) is 24.3 Å². The zero-order chi connectivity index (χ0) is 17.4. The van der Waals surface area contributed by atoms with Crippen LogP contribution in [0.3, 0.4) is 0 Å². The number of carbonyl (C=O) groups excluding carboxylic acids is 1.